The fourth-order valence-electron chi connectivity index (χ4n) is 5.13. The summed E-state index contributed by atoms with van der Waals surface area (Å²) in [6.45, 7) is 5.44. The zero-order valence-corrected chi connectivity index (χ0v) is 15.5. The topological polar surface area (TPSA) is 26.7 Å². The molecule has 1 N–H and O–H groups in total. The van der Waals surface area contributed by atoms with Crippen molar-refractivity contribution in [3.05, 3.63) is 28.2 Å². The molecule has 2 unspecified atom stereocenters. The Morgan fingerprint density at radius 2 is 1.62 bits per heavy atom. The SMILES string of the molecule is OC1CC2CC(CN3CCN(c4cccc(Cl)c4Cl)CC3)CC2C1. The van der Waals surface area contributed by atoms with E-state index in [0.29, 0.717) is 10.0 Å². The summed E-state index contributed by atoms with van der Waals surface area (Å²) in [4.78, 5) is 4.96. The van der Waals surface area contributed by atoms with Crippen LogP contribution >= 0.6 is 23.2 Å². The first-order chi connectivity index (χ1) is 11.6. The third-order valence-corrected chi connectivity index (χ3v) is 7.06. The van der Waals surface area contributed by atoms with Gasteiger partial charge in [-0.15, -0.1) is 0 Å². The van der Waals surface area contributed by atoms with Crippen LogP contribution in [0.4, 0.5) is 5.69 Å². The lowest BCUT2D eigenvalue weighted by Gasteiger charge is -2.37. The first-order valence-electron chi connectivity index (χ1n) is 9.19. The normalized spacial score (nSPS) is 33.9. The Labute approximate surface area is 154 Å². The summed E-state index contributed by atoms with van der Waals surface area (Å²) >= 11 is 12.5. The quantitative estimate of drug-likeness (QED) is 0.875. The van der Waals surface area contributed by atoms with Crippen LogP contribution in [0.15, 0.2) is 18.2 Å². The Kier molecular flexibility index (Phi) is 4.97. The van der Waals surface area contributed by atoms with Crippen molar-refractivity contribution < 1.29 is 5.11 Å². The smallest absolute Gasteiger partial charge is 0.0825 e. The summed E-state index contributed by atoms with van der Waals surface area (Å²) in [6, 6.07) is 5.88. The fourth-order valence-corrected chi connectivity index (χ4v) is 5.55. The summed E-state index contributed by atoms with van der Waals surface area (Å²) in [5.41, 5.74) is 1.06. The summed E-state index contributed by atoms with van der Waals surface area (Å²) in [5.74, 6) is 2.40. The Bertz CT molecular complexity index is 575. The van der Waals surface area contributed by atoms with Crippen molar-refractivity contribution in [1.82, 2.24) is 4.90 Å². The largest absolute Gasteiger partial charge is 0.393 e. The highest BCUT2D eigenvalue weighted by atomic mass is 35.5. The number of aliphatic hydroxyl groups is 1. The van der Waals surface area contributed by atoms with E-state index in [0.717, 1.165) is 62.5 Å². The third-order valence-electron chi connectivity index (χ3n) is 6.25. The number of nitrogens with zero attached hydrogens (tertiary/aromatic N) is 2. The summed E-state index contributed by atoms with van der Waals surface area (Å²) in [7, 11) is 0. The molecule has 1 heterocycles. The molecule has 2 saturated carbocycles. The molecule has 24 heavy (non-hydrogen) atoms. The van der Waals surface area contributed by atoms with Crippen LogP contribution in [0.2, 0.25) is 10.0 Å². The van der Waals surface area contributed by atoms with Crippen molar-refractivity contribution in [2.45, 2.75) is 31.8 Å². The highest BCUT2D eigenvalue weighted by molar-refractivity contribution is 6.43. The van der Waals surface area contributed by atoms with Crippen molar-refractivity contribution in [2.75, 3.05) is 37.6 Å². The molecule has 0 aromatic heterocycles. The zero-order valence-electron chi connectivity index (χ0n) is 14.0. The van der Waals surface area contributed by atoms with Crippen LogP contribution in [0.25, 0.3) is 0 Å². The molecular weight excluding hydrogens is 343 g/mol. The Hall–Kier alpha value is -0.480. The number of hydrogen-bond acceptors (Lipinski definition) is 3. The van der Waals surface area contributed by atoms with Gasteiger partial charge in [0.2, 0.25) is 0 Å². The van der Waals surface area contributed by atoms with Crippen molar-refractivity contribution in [3.63, 3.8) is 0 Å². The van der Waals surface area contributed by atoms with E-state index in [4.69, 9.17) is 23.2 Å². The number of anilines is 1. The molecular formula is C19H26Cl2N2O. The van der Waals surface area contributed by atoms with E-state index in [9.17, 15) is 5.11 Å². The van der Waals surface area contributed by atoms with E-state index < -0.39 is 0 Å². The predicted octanol–water partition coefficient (Wildman–Crippen LogP) is 3.91. The second-order valence-corrected chi connectivity index (χ2v) is 8.63. The van der Waals surface area contributed by atoms with Crippen LogP contribution in [0, 0.1) is 17.8 Å². The first-order valence-corrected chi connectivity index (χ1v) is 9.95. The van der Waals surface area contributed by atoms with Gasteiger partial charge in [0.15, 0.2) is 0 Å². The van der Waals surface area contributed by atoms with Gasteiger partial charge in [-0.25, -0.2) is 0 Å². The van der Waals surface area contributed by atoms with Gasteiger partial charge in [0, 0.05) is 32.7 Å². The van der Waals surface area contributed by atoms with Crippen molar-refractivity contribution in [1.29, 1.82) is 0 Å². The lowest BCUT2D eigenvalue weighted by Crippen LogP contribution is -2.47. The Morgan fingerprint density at radius 3 is 2.29 bits per heavy atom. The minimum atomic E-state index is -0.0214. The predicted molar refractivity (Wildman–Crippen MR) is 100 cm³/mol. The van der Waals surface area contributed by atoms with Crippen LogP contribution < -0.4 is 4.90 Å². The molecule has 2 aliphatic carbocycles. The number of aliphatic hydroxyl groups excluding tert-OH is 1. The second kappa shape index (κ2) is 7.03. The molecule has 1 aliphatic heterocycles. The number of piperazine rings is 1. The van der Waals surface area contributed by atoms with E-state index in [1.165, 1.54) is 19.4 Å². The van der Waals surface area contributed by atoms with Crippen LogP contribution in [-0.2, 0) is 0 Å². The summed E-state index contributed by atoms with van der Waals surface area (Å²) < 4.78 is 0. The lowest BCUT2D eigenvalue weighted by atomic mass is 10.0. The molecule has 3 aliphatic rings. The highest BCUT2D eigenvalue weighted by Gasteiger charge is 2.41. The van der Waals surface area contributed by atoms with Crippen LogP contribution in [0.3, 0.4) is 0 Å². The molecule has 3 fully saturated rings. The Balaban J connectivity index is 1.29. The van der Waals surface area contributed by atoms with Gasteiger partial charge in [-0.05, 0) is 55.6 Å². The van der Waals surface area contributed by atoms with Gasteiger partial charge in [0.25, 0.3) is 0 Å². The first kappa shape index (κ1) is 17.0. The van der Waals surface area contributed by atoms with E-state index in [2.05, 4.69) is 15.9 Å². The van der Waals surface area contributed by atoms with E-state index in [1.54, 1.807) is 0 Å². The average molecular weight is 369 g/mol. The summed E-state index contributed by atoms with van der Waals surface area (Å²) in [6.07, 6.45) is 4.71. The zero-order chi connectivity index (χ0) is 16.7. The molecule has 0 amide bonds. The molecule has 0 bridgehead atoms. The molecule has 132 valence electrons. The minimum absolute atomic E-state index is 0.0214. The van der Waals surface area contributed by atoms with E-state index >= 15 is 0 Å². The number of halogens is 2. The number of hydrogen-bond donors (Lipinski definition) is 1. The van der Waals surface area contributed by atoms with Gasteiger partial charge < -0.3 is 10.0 Å². The highest BCUT2D eigenvalue weighted by Crippen LogP contribution is 2.47. The molecule has 5 heteroatoms. The maximum atomic E-state index is 9.79. The monoisotopic (exact) mass is 368 g/mol. The molecule has 3 nitrogen and oxygen atoms in total. The molecule has 1 saturated heterocycles. The van der Waals surface area contributed by atoms with Crippen molar-refractivity contribution in [2.24, 2.45) is 17.8 Å². The minimum Gasteiger partial charge on any atom is -0.393 e. The van der Waals surface area contributed by atoms with Gasteiger partial charge in [-0.2, -0.15) is 0 Å². The molecule has 2 atom stereocenters. The number of rotatable bonds is 3. The number of benzene rings is 1. The van der Waals surface area contributed by atoms with Crippen molar-refractivity contribution >= 4 is 28.9 Å². The number of fused-ring (bicyclic) bond motifs is 1. The van der Waals surface area contributed by atoms with Crippen molar-refractivity contribution in [3.8, 4) is 0 Å². The maximum absolute atomic E-state index is 9.79. The molecule has 4 rings (SSSR count). The summed E-state index contributed by atoms with van der Waals surface area (Å²) in [5, 5.41) is 11.1. The molecule has 0 spiro atoms. The second-order valence-electron chi connectivity index (χ2n) is 7.84. The maximum Gasteiger partial charge on any atom is 0.0825 e. The Morgan fingerprint density at radius 1 is 0.958 bits per heavy atom. The standard InChI is InChI=1S/C19H26Cl2N2O/c20-17-2-1-3-18(19(17)21)23-6-4-22(5-7-23)12-13-8-14-10-16(24)11-15(14)9-13/h1-3,13-16,24H,4-12H2. The van der Waals surface area contributed by atoms with Crippen LogP contribution in [0.1, 0.15) is 25.7 Å². The molecule has 1 aromatic carbocycles. The average Bonchev–Trinajstić information content (AvgIpc) is 3.07. The molecule has 1 aromatic rings. The van der Waals surface area contributed by atoms with Crippen LogP contribution in [-0.4, -0.2) is 48.8 Å². The van der Waals surface area contributed by atoms with Crippen LogP contribution in [0.5, 0.6) is 0 Å². The van der Waals surface area contributed by atoms with Gasteiger partial charge in [0.05, 0.1) is 21.8 Å². The van der Waals surface area contributed by atoms with E-state index in [1.807, 2.05) is 12.1 Å². The molecule has 0 radical (unpaired) electrons. The van der Waals surface area contributed by atoms with E-state index in [-0.39, 0.29) is 6.10 Å². The van der Waals surface area contributed by atoms with Gasteiger partial charge in [0.1, 0.15) is 0 Å². The van der Waals surface area contributed by atoms with Gasteiger partial charge >= 0.3 is 0 Å². The van der Waals surface area contributed by atoms with Gasteiger partial charge in [-0.1, -0.05) is 29.3 Å². The third kappa shape index (κ3) is 3.41. The van der Waals surface area contributed by atoms with Gasteiger partial charge in [-0.3, -0.25) is 4.90 Å². The lowest BCUT2D eigenvalue weighted by molar-refractivity contribution is 0.162. The fraction of sp³-hybridized carbons (Fsp3) is 0.684.